The lowest BCUT2D eigenvalue weighted by molar-refractivity contribution is -0.142. The minimum Gasteiger partial charge on any atom is -0.481 e. The van der Waals surface area contributed by atoms with Crippen LogP contribution in [-0.4, -0.2) is 36.2 Å². The highest BCUT2D eigenvalue weighted by molar-refractivity contribution is 5.88. The van der Waals surface area contributed by atoms with E-state index in [0.29, 0.717) is 0 Å². The van der Waals surface area contributed by atoms with Crippen molar-refractivity contribution < 1.29 is 19.4 Å². The number of amides is 1. The number of allylic oxidation sites excluding steroid dienone is 1. The summed E-state index contributed by atoms with van der Waals surface area (Å²) < 4.78 is 4.99. The Morgan fingerprint density at radius 1 is 1.50 bits per heavy atom. The molecule has 1 aliphatic heterocycles. The molecule has 1 heterocycles. The van der Waals surface area contributed by atoms with Gasteiger partial charge in [0.1, 0.15) is 5.92 Å². The number of hydrogen-bond donors (Lipinski definition) is 2. The van der Waals surface area contributed by atoms with Crippen LogP contribution in [0.2, 0.25) is 0 Å². The van der Waals surface area contributed by atoms with Gasteiger partial charge in [-0.15, -0.1) is 0 Å². The predicted octanol–water partition coefficient (Wildman–Crippen LogP) is -0.222. The zero-order chi connectivity index (χ0) is 10.6. The average Bonchev–Trinajstić information content (AvgIpc) is 2.52. The number of hydrogen-bond acceptors (Lipinski definition) is 3. The smallest absolute Gasteiger partial charge is 0.311 e. The van der Waals surface area contributed by atoms with Crippen molar-refractivity contribution in [2.24, 2.45) is 5.92 Å². The summed E-state index contributed by atoms with van der Waals surface area (Å²) in [7, 11) is 0. The standard InChI is InChI=1S/C9H13NO4/c1-2-3-8(11)10-7-5-14-4-6(7)9(12)13/h2-3,6-7H,4-5H2,1H3,(H,10,11)(H,12,13). The Bertz CT molecular complexity index is 262. The average molecular weight is 199 g/mol. The van der Waals surface area contributed by atoms with Crippen molar-refractivity contribution in [3.63, 3.8) is 0 Å². The van der Waals surface area contributed by atoms with Crippen LogP contribution >= 0.6 is 0 Å². The highest BCUT2D eigenvalue weighted by Gasteiger charge is 2.34. The summed E-state index contributed by atoms with van der Waals surface area (Å²) in [5.74, 6) is -1.85. The van der Waals surface area contributed by atoms with E-state index in [2.05, 4.69) is 5.32 Å². The molecule has 1 rings (SSSR count). The van der Waals surface area contributed by atoms with Crippen molar-refractivity contribution in [3.05, 3.63) is 12.2 Å². The molecule has 14 heavy (non-hydrogen) atoms. The highest BCUT2D eigenvalue weighted by Crippen LogP contribution is 2.13. The molecule has 78 valence electrons. The van der Waals surface area contributed by atoms with E-state index in [4.69, 9.17) is 9.84 Å². The quantitative estimate of drug-likeness (QED) is 0.616. The fourth-order valence-corrected chi connectivity index (χ4v) is 1.32. The fourth-order valence-electron chi connectivity index (χ4n) is 1.32. The normalized spacial score (nSPS) is 26.6. The number of carboxylic acid groups (broad SMARTS) is 1. The number of carbonyl (C=O) groups excluding carboxylic acids is 1. The van der Waals surface area contributed by atoms with Gasteiger partial charge in [-0.3, -0.25) is 9.59 Å². The van der Waals surface area contributed by atoms with E-state index in [1.807, 2.05) is 0 Å². The summed E-state index contributed by atoms with van der Waals surface area (Å²) >= 11 is 0. The molecule has 0 bridgehead atoms. The Morgan fingerprint density at radius 2 is 2.21 bits per heavy atom. The zero-order valence-electron chi connectivity index (χ0n) is 7.90. The first kappa shape index (κ1) is 10.7. The molecular weight excluding hydrogens is 186 g/mol. The molecule has 0 aliphatic carbocycles. The van der Waals surface area contributed by atoms with Crippen molar-refractivity contribution in [1.82, 2.24) is 5.32 Å². The van der Waals surface area contributed by atoms with Gasteiger partial charge >= 0.3 is 5.97 Å². The molecule has 1 amide bonds. The third-order valence-corrected chi connectivity index (χ3v) is 2.04. The van der Waals surface area contributed by atoms with Crippen molar-refractivity contribution in [1.29, 1.82) is 0 Å². The summed E-state index contributed by atoms with van der Waals surface area (Å²) in [5, 5.41) is 11.4. The Hall–Kier alpha value is -1.36. The number of aliphatic carboxylic acids is 1. The summed E-state index contributed by atoms with van der Waals surface area (Å²) in [6.07, 6.45) is 2.96. The first-order chi connectivity index (χ1) is 6.65. The molecule has 1 fully saturated rings. The van der Waals surface area contributed by atoms with E-state index >= 15 is 0 Å². The molecule has 5 nitrogen and oxygen atoms in total. The third-order valence-electron chi connectivity index (χ3n) is 2.04. The van der Waals surface area contributed by atoms with Gasteiger partial charge in [0, 0.05) is 0 Å². The van der Waals surface area contributed by atoms with Gasteiger partial charge in [0.2, 0.25) is 5.91 Å². The summed E-state index contributed by atoms with van der Waals surface area (Å²) in [4.78, 5) is 21.8. The lowest BCUT2D eigenvalue weighted by atomic mass is 10.0. The van der Waals surface area contributed by atoms with Crippen LogP contribution in [0.25, 0.3) is 0 Å². The topological polar surface area (TPSA) is 75.6 Å². The number of rotatable bonds is 3. The summed E-state index contributed by atoms with van der Waals surface area (Å²) in [6.45, 7) is 2.15. The first-order valence-corrected chi connectivity index (χ1v) is 4.39. The Balaban J connectivity index is 2.51. The number of nitrogens with one attached hydrogen (secondary N) is 1. The number of carboxylic acids is 1. The lowest BCUT2D eigenvalue weighted by Gasteiger charge is -2.13. The molecule has 5 heteroatoms. The molecule has 0 aromatic heterocycles. The van der Waals surface area contributed by atoms with E-state index in [-0.39, 0.29) is 19.1 Å². The van der Waals surface area contributed by atoms with Crippen LogP contribution in [0.5, 0.6) is 0 Å². The molecule has 0 aromatic carbocycles. The molecule has 1 aliphatic rings. The van der Waals surface area contributed by atoms with Crippen LogP contribution in [0.1, 0.15) is 6.92 Å². The van der Waals surface area contributed by atoms with Crippen molar-refractivity contribution in [3.8, 4) is 0 Å². The summed E-state index contributed by atoms with van der Waals surface area (Å²) in [6, 6.07) is -0.420. The van der Waals surface area contributed by atoms with E-state index in [1.165, 1.54) is 6.08 Å². The zero-order valence-corrected chi connectivity index (χ0v) is 7.90. The number of carbonyl (C=O) groups is 2. The number of ether oxygens (including phenoxy) is 1. The van der Waals surface area contributed by atoms with E-state index in [1.54, 1.807) is 13.0 Å². The largest absolute Gasteiger partial charge is 0.481 e. The maximum atomic E-state index is 11.1. The predicted molar refractivity (Wildman–Crippen MR) is 48.7 cm³/mol. The Labute approximate surface area is 81.7 Å². The maximum Gasteiger partial charge on any atom is 0.311 e. The molecule has 0 radical (unpaired) electrons. The molecule has 2 N–H and O–H groups in total. The maximum absolute atomic E-state index is 11.1. The van der Waals surface area contributed by atoms with Crippen molar-refractivity contribution in [2.75, 3.05) is 13.2 Å². The van der Waals surface area contributed by atoms with Crippen molar-refractivity contribution in [2.45, 2.75) is 13.0 Å². The van der Waals surface area contributed by atoms with E-state index in [9.17, 15) is 9.59 Å². The van der Waals surface area contributed by atoms with Crippen LogP contribution in [0.3, 0.4) is 0 Å². The Morgan fingerprint density at radius 3 is 2.79 bits per heavy atom. The van der Waals surface area contributed by atoms with Crippen molar-refractivity contribution >= 4 is 11.9 Å². The van der Waals surface area contributed by atoms with Crippen LogP contribution in [0, 0.1) is 5.92 Å². The Kier molecular flexibility index (Phi) is 3.64. The van der Waals surface area contributed by atoms with Gasteiger partial charge in [0.05, 0.1) is 19.3 Å². The van der Waals surface area contributed by atoms with Gasteiger partial charge < -0.3 is 15.2 Å². The highest BCUT2D eigenvalue weighted by atomic mass is 16.5. The monoisotopic (exact) mass is 199 g/mol. The van der Waals surface area contributed by atoms with Gasteiger partial charge in [-0.25, -0.2) is 0 Å². The molecule has 2 unspecified atom stereocenters. The molecular formula is C9H13NO4. The summed E-state index contributed by atoms with van der Waals surface area (Å²) in [5.41, 5.74) is 0. The van der Waals surface area contributed by atoms with Gasteiger partial charge in [-0.05, 0) is 13.0 Å². The minimum absolute atomic E-state index is 0.163. The van der Waals surface area contributed by atoms with Gasteiger partial charge in [-0.1, -0.05) is 6.08 Å². The SMILES string of the molecule is CC=CC(=O)NC1COCC1C(=O)O. The van der Waals surface area contributed by atoms with Crippen LogP contribution < -0.4 is 5.32 Å². The molecule has 0 aromatic rings. The second-order valence-electron chi connectivity index (χ2n) is 3.10. The lowest BCUT2D eigenvalue weighted by Crippen LogP contribution is -2.41. The molecule has 1 saturated heterocycles. The third kappa shape index (κ3) is 2.56. The molecule has 2 atom stereocenters. The van der Waals surface area contributed by atoms with E-state index < -0.39 is 17.9 Å². The van der Waals surface area contributed by atoms with Crippen LogP contribution in [-0.2, 0) is 14.3 Å². The van der Waals surface area contributed by atoms with Crippen LogP contribution in [0.4, 0.5) is 0 Å². The van der Waals surface area contributed by atoms with Gasteiger partial charge in [0.15, 0.2) is 0 Å². The molecule has 0 spiro atoms. The fraction of sp³-hybridized carbons (Fsp3) is 0.556. The second kappa shape index (κ2) is 4.76. The molecule has 0 saturated carbocycles. The van der Waals surface area contributed by atoms with E-state index in [0.717, 1.165) is 0 Å². The van der Waals surface area contributed by atoms with Crippen LogP contribution in [0.15, 0.2) is 12.2 Å². The first-order valence-electron chi connectivity index (χ1n) is 4.39. The van der Waals surface area contributed by atoms with Gasteiger partial charge in [-0.2, -0.15) is 0 Å². The minimum atomic E-state index is -0.937. The van der Waals surface area contributed by atoms with Gasteiger partial charge in [0.25, 0.3) is 0 Å². The second-order valence-corrected chi connectivity index (χ2v) is 3.10.